The van der Waals surface area contributed by atoms with Gasteiger partial charge < -0.3 is 4.90 Å². The highest BCUT2D eigenvalue weighted by Crippen LogP contribution is 2.21. The Kier molecular flexibility index (Phi) is 5.39. The molecule has 3 heteroatoms. The van der Waals surface area contributed by atoms with Crippen molar-refractivity contribution in [2.45, 2.75) is 40.2 Å². The lowest BCUT2D eigenvalue weighted by Crippen LogP contribution is -2.27. The molecule has 1 aromatic carbocycles. The molecule has 1 rings (SSSR count). The summed E-state index contributed by atoms with van der Waals surface area (Å²) in [6.45, 7) is 7.16. The van der Waals surface area contributed by atoms with Crippen LogP contribution in [0.2, 0.25) is 0 Å². The summed E-state index contributed by atoms with van der Waals surface area (Å²) in [6, 6.07) is 8.08. The molecule has 1 amide bonds. The number of hydrogen-bond donors (Lipinski definition) is 0. The molecule has 0 saturated heterocycles. The van der Waals surface area contributed by atoms with Crippen molar-refractivity contribution < 1.29 is 4.79 Å². The molecule has 0 aliphatic heterocycles. The van der Waals surface area contributed by atoms with Gasteiger partial charge in [0, 0.05) is 24.5 Å². The van der Waals surface area contributed by atoms with Crippen molar-refractivity contribution in [2.24, 2.45) is 5.41 Å². The summed E-state index contributed by atoms with van der Waals surface area (Å²) in [5.74, 6) is 0.216. The van der Waals surface area contributed by atoms with Crippen LogP contribution in [-0.4, -0.2) is 17.9 Å². The largest absolute Gasteiger partial charge is 0.341 e. The Hall–Kier alpha value is -0.830. The second-order valence-electron chi connectivity index (χ2n) is 5.94. The first-order valence-corrected chi connectivity index (χ1v) is 7.06. The summed E-state index contributed by atoms with van der Waals surface area (Å²) in [5, 5.41) is 0. The molecule has 0 spiro atoms. The summed E-state index contributed by atoms with van der Waals surface area (Å²) in [4.78, 5) is 13.8. The standard InChI is InChI=1S/C15H22BrNO/c1-15(2,3)10-9-14(18)17(4)11-12-5-7-13(16)8-6-12/h5-8H,9-11H2,1-4H3. The van der Waals surface area contributed by atoms with E-state index in [0.717, 1.165) is 16.5 Å². The van der Waals surface area contributed by atoms with Gasteiger partial charge in [0.1, 0.15) is 0 Å². The van der Waals surface area contributed by atoms with E-state index in [1.54, 1.807) is 4.90 Å². The van der Waals surface area contributed by atoms with Crippen molar-refractivity contribution in [3.05, 3.63) is 34.3 Å². The minimum Gasteiger partial charge on any atom is -0.341 e. The van der Waals surface area contributed by atoms with Gasteiger partial charge in [0.25, 0.3) is 0 Å². The first-order chi connectivity index (χ1) is 8.28. The topological polar surface area (TPSA) is 20.3 Å². The van der Waals surface area contributed by atoms with Crippen LogP contribution in [0, 0.1) is 5.41 Å². The van der Waals surface area contributed by atoms with Crippen molar-refractivity contribution in [2.75, 3.05) is 7.05 Å². The van der Waals surface area contributed by atoms with E-state index in [9.17, 15) is 4.79 Å². The summed E-state index contributed by atoms with van der Waals surface area (Å²) < 4.78 is 1.06. The third-order valence-corrected chi connectivity index (χ3v) is 3.38. The second-order valence-corrected chi connectivity index (χ2v) is 6.85. The van der Waals surface area contributed by atoms with E-state index in [2.05, 4.69) is 36.7 Å². The van der Waals surface area contributed by atoms with E-state index in [-0.39, 0.29) is 11.3 Å². The Bertz CT molecular complexity index is 392. The molecule has 0 saturated carbocycles. The van der Waals surface area contributed by atoms with Crippen LogP contribution < -0.4 is 0 Å². The van der Waals surface area contributed by atoms with Crippen LogP contribution in [0.5, 0.6) is 0 Å². The lowest BCUT2D eigenvalue weighted by atomic mass is 9.90. The molecule has 18 heavy (non-hydrogen) atoms. The first-order valence-electron chi connectivity index (χ1n) is 6.26. The van der Waals surface area contributed by atoms with Gasteiger partial charge in [0.05, 0.1) is 0 Å². The van der Waals surface area contributed by atoms with E-state index < -0.39 is 0 Å². The van der Waals surface area contributed by atoms with Crippen molar-refractivity contribution >= 4 is 21.8 Å². The van der Waals surface area contributed by atoms with Gasteiger partial charge in [-0.2, -0.15) is 0 Å². The molecule has 100 valence electrons. The van der Waals surface area contributed by atoms with Crippen LogP contribution in [0.25, 0.3) is 0 Å². The van der Waals surface area contributed by atoms with Crippen LogP contribution >= 0.6 is 15.9 Å². The number of rotatable bonds is 4. The predicted molar refractivity (Wildman–Crippen MR) is 79.3 cm³/mol. The maximum Gasteiger partial charge on any atom is 0.222 e. The third kappa shape index (κ3) is 5.67. The fraction of sp³-hybridized carbons (Fsp3) is 0.533. The normalized spacial score (nSPS) is 11.4. The lowest BCUT2D eigenvalue weighted by molar-refractivity contribution is -0.131. The molecule has 0 aliphatic carbocycles. The van der Waals surface area contributed by atoms with Crippen LogP contribution in [0.1, 0.15) is 39.2 Å². The number of carbonyl (C=O) groups excluding carboxylic acids is 1. The molecule has 0 aliphatic rings. The van der Waals surface area contributed by atoms with E-state index in [0.29, 0.717) is 13.0 Å². The molecule has 0 heterocycles. The molecule has 0 unspecified atom stereocenters. The summed E-state index contributed by atoms with van der Waals surface area (Å²) in [5.41, 5.74) is 1.37. The van der Waals surface area contributed by atoms with Gasteiger partial charge in [-0.1, -0.05) is 48.8 Å². The fourth-order valence-corrected chi connectivity index (χ4v) is 1.89. The molecule has 0 bridgehead atoms. The summed E-state index contributed by atoms with van der Waals surface area (Å²) >= 11 is 3.41. The Labute approximate surface area is 119 Å². The van der Waals surface area contributed by atoms with Gasteiger partial charge in [-0.3, -0.25) is 4.79 Å². The van der Waals surface area contributed by atoms with E-state index in [1.165, 1.54) is 0 Å². The lowest BCUT2D eigenvalue weighted by Gasteiger charge is -2.21. The molecule has 0 fully saturated rings. The van der Waals surface area contributed by atoms with Crippen molar-refractivity contribution in [1.29, 1.82) is 0 Å². The number of benzene rings is 1. The Balaban J connectivity index is 2.47. The van der Waals surface area contributed by atoms with Crippen molar-refractivity contribution in [3.8, 4) is 0 Å². The van der Waals surface area contributed by atoms with Crippen molar-refractivity contribution in [1.82, 2.24) is 4.90 Å². The third-order valence-electron chi connectivity index (χ3n) is 2.85. The number of nitrogens with zero attached hydrogens (tertiary/aromatic N) is 1. The molecular formula is C15H22BrNO. The molecule has 2 nitrogen and oxygen atoms in total. The highest BCUT2D eigenvalue weighted by molar-refractivity contribution is 9.10. The summed E-state index contributed by atoms with van der Waals surface area (Å²) in [7, 11) is 1.87. The van der Waals surface area contributed by atoms with Gasteiger partial charge >= 0.3 is 0 Å². The average Bonchev–Trinajstić information content (AvgIpc) is 2.28. The van der Waals surface area contributed by atoms with Gasteiger partial charge in [0.15, 0.2) is 0 Å². The Morgan fingerprint density at radius 1 is 1.22 bits per heavy atom. The SMILES string of the molecule is CN(Cc1ccc(Br)cc1)C(=O)CCC(C)(C)C. The van der Waals surface area contributed by atoms with Gasteiger partial charge in [0.2, 0.25) is 5.91 Å². The Morgan fingerprint density at radius 2 is 1.78 bits per heavy atom. The molecule has 0 aromatic heterocycles. The quantitative estimate of drug-likeness (QED) is 0.814. The minimum absolute atomic E-state index is 0.216. The molecule has 1 aromatic rings. The second kappa shape index (κ2) is 6.37. The van der Waals surface area contributed by atoms with E-state index >= 15 is 0 Å². The van der Waals surface area contributed by atoms with Crippen molar-refractivity contribution in [3.63, 3.8) is 0 Å². The monoisotopic (exact) mass is 311 g/mol. The van der Waals surface area contributed by atoms with E-state index in [4.69, 9.17) is 0 Å². The smallest absolute Gasteiger partial charge is 0.222 e. The highest BCUT2D eigenvalue weighted by atomic mass is 79.9. The van der Waals surface area contributed by atoms with Gasteiger partial charge in [-0.05, 0) is 29.5 Å². The van der Waals surface area contributed by atoms with E-state index in [1.807, 2.05) is 31.3 Å². The highest BCUT2D eigenvalue weighted by Gasteiger charge is 2.15. The maximum absolute atomic E-state index is 12.0. The van der Waals surface area contributed by atoms with Crippen LogP contribution in [0.4, 0.5) is 0 Å². The number of hydrogen-bond acceptors (Lipinski definition) is 1. The number of amides is 1. The predicted octanol–water partition coefficient (Wildman–Crippen LogP) is 4.23. The minimum atomic E-state index is 0.216. The van der Waals surface area contributed by atoms with Crippen LogP contribution in [0.15, 0.2) is 28.7 Å². The zero-order valence-corrected chi connectivity index (χ0v) is 13.3. The number of halogens is 1. The Morgan fingerprint density at radius 3 is 2.28 bits per heavy atom. The first kappa shape index (κ1) is 15.2. The molecule has 0 radical (unpaired) electrons. The van der Waals surface area contributed by atoms with Gasteiger partial charge in [-0.15, -0.1) is 0 Å². The average molecular weight is 312 g/mol. The number of carbonyl (C=O) groups is 1. The summed E-state index contributed by atoms with van der Waals surface area (Å²) in [6.07, 6.45) is 1.55. The molecule has 0 atom stereocenters. The molecular weight excluding hydrogens is 290 g/mol. The van der Waals surface area contributed by atoms with Gasteiger partial charge in [-0.25, -0.2) is 0 Å². The molecule has 0 N–H and O–H groups in total. The zero-order chi connectivity index (χ0) is 13.8. The van der Waals surface area contributed by atoms with Crippen LogP contribution in [0.3, 0.4) is 0 Å². The maximum atomic E-state index is 12.0. The van der Waals surface area contributed by atoms with Crippen LogP contribution in [-0.2, 0) is 11.3 Å². The zero-order valence-electron chi connectivity index (χ0n) is 11.7. The fourth-order valence-electron chi connectivity index (χ4n) is 1.62.